The molecule has 0 aliphatic heterocycles. The van der Waals surface area contributed by atoms with Gasteiger partial charge in [0.15, 0.2) is 0 Å². The minimum Gasteiger partial charge on any atom is -0.298 e. The van der Waals surface area contributed by atoms with Gasteiger partial charge in [-0.15, -0.1) is 0 Å². The lowest BCUT2D eigenvalue weighted by molar-refractivity contribution is -0.116. The molecule has 1 atom stereocenters. The van der Waals surface area contributed by atoms with Crippen LogP contribution in [0.25, 0.3) is 0 Å². The fourth-order valence-electron chi connectivity index (χ4n) is 0.928. The van der Waals surface area contributed by atoms with Crippen molar-refractivity contribution in [3.05, 3.63) is 34.6 Å². The smallest absolute Gasteiger partial charge is 0.147 e. The van der Waals surface area contributed by atoms with Crippen LogP contribution in [0.1, 0.15) is 17.3 Å². The number of Topliss-reactive ketones (excluding diaryl/α,β-unsaturated/α-hetero) is 1. The maximum atomic E-state index is 12.8. The molecule has 1 rings (SSSR count). The summed E-state index contributed by atoms with van der Waals surface area (Å²) < 4.78 is 12.8. The molecule has 0 heterocycles. The Balaban J connectivity index is 3.12. The molecule has 0 bridgehead atoms. The molecule has 1 aromatic rings. The molecule has 0 aliphatic rings. The second kappa shape index (κ2) is 4.20. The standard InChI is InChI=1S/C9H7BrClFO/c1-5(13)9(10)7-4-6(12)2-3-8(7)11/h2-4,9H,1H3. The SMILES string of the molecule is CC(=O)C(Br)c1cc(F)ccc1Cl. The van der Waals surface area contributed by atoms with Crippen molar-refractivity contribution in [1.82, 2.24) is 0 Å². The van der Waals surface area contributed by atoms with Gasteiger partial charge in [-0.1, -0.05) is 27.5 Å². The highest BCUT2D eigenvalue weighted by Gasteiger charge is 2.16. The van der Waals surface area contributed by atoms with Gasteiger partial charge in [-0.25, -0.2) is 4.39 Å². The first-order valence-corrected chi connectivity index (χ1v) is 4.91. The molecule has 4 heteroatoms. The number of benzene rings is 1. The lowest BCUT2D eigenvalue weighted by Gasteiger charge is -2.07. The fourth-order valence-corrected chi connectivity index (χ4v) is 1.67. The molecule has 70 valence electrons. The van der Waals surface area contributed by atoms with Crippen molar-refractivity contribution < 1.29 is 9.18 Å². The normalized spacial score (nSPS) is 12.6. The number of hydrogen-bond donors (Lipinski definition) is 0. The summed E-state index contributed by atoms with van der Waals surface area (Å²) in [6.07, 6.45) is 0. The van der Waals surface area contributed by atoms with Gasteiger partial charge in [0, 0.05) is 5.02 Å². The Kier molecular flexibility index (Phi) is 3.45. The predicted octanol–water partition coefficient (Wildman–Crippen LogP) is 3.50. The summed E-state index contributed by atoms with van der Waals surface area (Å²) in [5.41, 5.74) is 0.467. The number of carbonyl (C=O) groups is 1. The molecular formula is C9H7BrClFO. The van der Waals surface area contributed by atoms with Crippen LogP contribution in [-0.2, 0) is 4.79 Å². The first kappa shape index (κ1) is 10.7. The molecule has 0 saturated carbocycles. The van der Waals surface area contributed by atoms with E-state index < -0.39 is 10.6 Å². The number of rotatable bonds is 2. The minimum absolute atomic E-state index is 0.104. The van der Waals surface area contributed by atoms with E-state index in [0.717, 1.165) is 0 Å². The van der Waals surface area contributed by atoms with E-state index in [2.05, 4.69) is 15.9 Å². The van der Waals surface area contributed by atoms with E-state index in [1.165, 1.54) is 25.1 Å². The van der Waals surface area contributed by atoms with Gasteiger partial charge in [-0.3, -0.25) is 4.79 Å². The van der Waals surface area contributed by atoms with E-state index in [1.807, 2.05) is 0 Å². The monoisotopic (exact) mass is 264 g/mol. The Morgan fingerprint density at radius 3 is 2.77 bits per heavy atom. The molecule has 0 radical (unpaired) electrons. The molecule has 0 spiro atoms. The van der Waals surface area contributed by atoms with Crippen LogP contribution in [0.2, 0.25) is 5.02 Å². The highest BCUT2D eigenvalue weighted by Crippen LogP contribution is 2.30. The second-order valence-corrected chi connectivity index (χ2v) is 3.96. The zero-order valence-corrected chi connectivity index (χ0v) is 9.19. The number of ketones is 1. The first-order valence-electron chi connectivity index (χ1n) is 3.62. The number of carbonyl (C=O) groups excluding carboxylic acids is 1. The van der Waals surface area contributed by atoms with Gasteiger partial charge in [0.05, 0.1) is 4.83 Å². The first-order chi connectivity index (χ1) is 6.02. The van der Waals surface area contributed by atoms with Gasteiger partial charge >= 0.3 is 0 Å². The highest BCUT2D eigenvalue weighted by molar-refractivity contribution is 9.09. The largest absolute Gasteiger partial charge is 0.298 e. The lowest BCUT2D eigenvalue weighted by atomic mass is 10.1. The van der Waals surface area contributed by atoms with Gasteiger partial charge in [0.25, 0.3) is 0 Å². The van der Waals surface area contributed by atoms with Crippen LogP contribution in [0.4, 0.5) is 4.39 Å². The third-order valence-corrected chi connectivity index (χ3v) is 3.07. The van der Waals surface area contributed by atoms with E-state index in [0.29, 0.717) is 10.6 Å². The Hall–Kier alpha value is -0.410. The van der Waals surface area contributed by atoms with Crippen LogP contribution in [0.3, 0.4) is 0 Å². The third kappa shape index (κ3) is 2.51. The lowest BCUT2D eigenvalue weighted by Crippen LogP contribution is -2.02. The molecule has 0 fully saturated rings. The average molecular weight is 266 g/mol. The Morgan fingerprint density at radius 2 is 2.23 bits per heavy atom. The van der Waals surface area contributed by atoms with Crippen molar-refractivity contribution in [1.29, 1.82) is 0 Å². The molecule has 0 aliphatic carbocycles. The van der Waals surface area contributed by atoms with Crippen molar-refractivity contribution in [2.24, 2.45) is 0 Å². The molecule has 1 unspecified atom stereocenters. The average Bonchev–Trinajstić information content (AvgIpc) is 2.08. The van der Waals surface area contributed by atoms with Crippen molar-refractivity contribution >= 4 is 33.3 Å². The molecular weight excluding hydrogens is 258 g/mol. The maximum Gasteiger partial charge on any atom is 0.147 e. The molecule has 13 heavy (non-hydrogen) atoms. The fraction of sp³-hybridized carbons (Fsp3) is 0.222. The second-order valence-electron chi connectivity index (χ2n) is 2.64. The van der Waals surface area contributed by atoms with Crippen LogP contribution in [0.15, 0.2) is 18.2 Å². The van der Waals surface area contributed by atoms with Crippen molar-refractivity contribution in [2.75, 3.05) is 0 Å². The van der Waals surface area contributed by atoms with Crippen LogP contribution >= 0.6 is 27.5 Å². The highest BCUT2D eigenvalue weighted by atomic mass is 79.9. The van der Waals surface area contributed by atoms with Crippen molar-refractivity contribution in [3.8, 4) is 0 Å². The molecule has 0 saturated heterocycles. The van der Waals surface area contributed by atoms with Gasteiger partial charge in [0.2, 0.25) is 0 Å². The third-order valence-electron chi connectivity index (χ3n) is 1.59. The number of hydrogen-bond acceptors (Lipinski definition) is 1. The van der Waals surface area contributed by atoms with Crippen LogP contribution in [0, 0.1) is 5.82 Å². The van der Waals surface area contributed by atoms with Gasteiger partial charge < -0.3 is 0 Å². The zero-order valence-electron chi connectivity index (χ0n) is 6.85. The van der Waals surface area contributed by atoms with Crippen LogP contribution in [-0.4, -0.2) is 5.78 Å². The molecule has 0 amide bonds. The summed E-state index contributed by atoms with van der Waals surface area (Å²) in [4.78, 5) is 10.4. The minimum atomic E-state index is -0.532. The van der Waals surface area contributed by atoms with Crippen molar-refractivity contribution in [2.45, 2.75) is 11.8 Å². The molecule has 0 aromatic heterocycles. The van der Waals surface area contributed by atoms with Gasteiger partial charge in [0.1, 0.15) is 11.6 Å². The summed E-state index contributed by atoms with van der Waals surface area (Å²) >= 11 is 8.92. The number of halogens is 3. The summed E-state index contributed by atoms with van der Waals surface area (Å²) in [7, 11) is 0. The van der Waals surface area contributed by atoms with Crippen LogP contribution in [0.5, 0.6) is 0 Å². The maximum absolute atomic E-state index is 12.8. The van der Waals surface area contributed by atoms with E-state index in [-0.39, 0.29) is 5.78 Å². The van der Waals surface area contributed by atoms with Crippen molar-refractivity contribution in [3.63, 3.8) is 0 Å². The topological polar surface area (TPSA) is 17.1 Å². The van der Waals surface area contributed by atoms with Gasteiger partial charge in [-0.05, 0) is 30.7 Å². The summed E-state index contributed by atoms with van der Waals surface area (Å²) in [6.45, 7) is 1.42. The van der Waals surface area contributed by atoms with E-state index in [1.54, 1.807) is 0 Å². The quantitative estimate of drug-likeness (QED) is 0.748. The Morgan fingerprint density at radius 1 is 1.62 bits per heavy atom. The predicted molar refractivity (Wildman–Crippen MR) is 53.8 cm³/mol. The molecule has 1 aromatic carbocycles. The van der Waals surface area contributed by atoms with E-state index >= 15 is 0 Å². The summed E-state index contributed by atoms with van der Waals surface area (Å²) in [6, 6.07) is 3.94. The molecule has 1 nitrogen and oxygen atoms in total. The van der Waals surface area contributed by atoms with E-state index in [9.17, 15) is 9.18 Å². The van der Waals surface area contributed by atoms with Gasteiger partial charge in [-0.2, -0.15) is 0 Å². The Labute approximate surface area is 89.0 Å². The number of alkyl halides is 1. The van der Waals surface area contributed by atoms with E-state index in [4.69, 9.17) is 11.6 Å². The summed E-state index contributed by atoms with van der Waals surface area (Å²) in [5.74, 6) is -0.502. The zero-order chi connectivity index (χ0) is 10.0. The summed E-state index contributed by atoms with van der Waals surface area (Å²) in [5, 5.41) is 0.387. The Bertz CT molecular complexity index is 340. The molecule has 0 N–H and O–H groups in total. The van der Waals surface area contributed by atoms with Crippen LogP contribution < -0.4 is 0 Å².